The zero-order chi connectivity index (χ0) is 14.7. The lowest BCUT2D eigenvalue weighted by Gasteiger charge is -2.25. The smallest absolute Gasteiger partial charge is 0.275 e. The second-order valence-electron chi connectivity index (χ2n) is 5.75. The number of hydrogen-bond acceptors (Lipinski definition) is 2. The van der Waals surface area contributed by atoms with Gasteiger partial charge in [-0.3, -0.25) is 4.79 Å². The summed E-state index contributed by atoms with van der Waals surface area (Å²) in [7, 11) is 0. The van der Waals surface area contributed by atoms with Gasteiger partial charge in [0.15, 0.2) is 11.5 Å². The number of aromatic nitrogens is 1. The molecular weight excluding hydrogens is 262 g/mol. The lowest BCUT2D eigenvalue weighted by Crippen LogP contribution is -2.36. The largest absolute Gasteiger partial charge is 0.334 e. The summed E-state index contributed by atoms with van der Waals surface area (Å²) in [6.45, 7) is 4.91. The number of hydrogen-bond donors (Lipinski definition) is 0. The lowest BCUT2D eigenvalue weighted by atomic mass is 10.0. The van der Waals surface area contributed by atoms with Crippen molar-refractivity contribution < 1.29 is 13.6 Å². The SMILES string of the molecule is CC(C)CCC1CCCN1C(=O)c1ncc(F)cc1F. The molecule has 0 radical (unpaired) electrons. The Hall–Kier alpha value is -1.52. The van der Waals surface area contributed by atoms with Gasteiger partial charge in [-0.05, 0) is 31.6 Å². The summed E-state index contributed by atoms with van der Waals surface area (Å²) in [6, 6.07) is 0.857. The minimum Gasteiger partial charge on any atom is -0.334 e. The van der Waals surface area contributed by atoms with Crippen LogP contribution in [0.1, 0.15) is 50.0 Å². The summed E-state index contributed by atoms with van der Waals surface area (Å²) in [5.41, 5.74) is -0.275. The molecule has 0 saturated carbocycles. The number of amides is 1. The molecule has 1 aromatic rings. The van der Waals surface area contributed by atoms with E-state index in [4.69, 9.17) is 0 Å². The number of rotatable bonds is 4. The number of carbonyl (C=O) groups is 1. The predicted octanol–water partition coefficient (Wildman–Crippen LogP) is 3.40. The van der Waals surface area contributed by atoms with E-state index in [1.54, 1.807) is 4.90 Å². The van der Waals surface area contributed by atoms with Gasteiger partial charge >= 0.3 is 0 Å². The molecule has 1 aliphatic rings. The number of likely N-dealkylation sites (tertiary alicyclic amines) is 1. The summed E-state index contributed by atoms with van der Waals surface area (Å²) in [4.78, 5) is 17.6. The van der Waals surface area contributed by atoms with Crippen LogP contribution in [0.15, 0.2) is 12.3 Å². The van der Waals surface area contributed by atoms with Gasteiger partial charge in [0.05, 0.1) is 6.20 Å². The molecule has 1 fully saturated rings. The van der Waals surface area contributed by atoms with Gasteiger partial charge in [-0.2, -0.15) is 0 Å². The highest BCUT2D eigenvalue weighted by molar-refractivity contribution is 5.92. The summed E-state index contributed by atoms with van der Waals surface area (Å²) < 4.78 is 26.5. The standard InChI is InChI=1S/C15H20F2N2O/c1-10(2)5-6-12-4-3-7-19(12)15(20)14-13(17)8-11(16)9-18-14/h8-10,12H,3-7H2,1-2H3. The molecule has 0 spiro atoms. The van der Waals surface area contributed by atoms with Gasteiger partial charge in [-0.1, -0.05) is 13.8 Å². The third kappa shape index (κ3) is 3.32. The average molecular weight is 282 g/mol. The van der Waals surface area contributed by atoms with Crippen molar-refractivity contribution in [3.63, 3.8) is 0 Å². The van der Waals surface area contributed by atoms with Gasteiger partial charge in [0.2, 0.25) is 0 Å². The third-order valence-corrected chi connectivity index (χ3v) is 3.73. The second-order valence-corrected chi connectivity index (χ2v) is 5.75. The van der Waals surface area contributed by atoms with E-state index in [0.717, 1.165) is 31.9 Å². The Kier molecular flexibility index (Phi) is 4.68. The molecule has 1 saturated heterocycles. The Bertz CT molecular complexity index is 491. The summed E-state index contributed by atoms with van der Waals surface area (Å²) in [6.07, 6.45) is 4.72. The van der Waals surface area contributed by atoms with Crippen molar-refractivity contribution >= 4 is 5.91 Å². The van der Waals surface area contributed by atoms with Gasteiger partial charge in [0, 0.05) is 18.7 Å². The van der Waals surface area contributed by atoms with Crippen LogP contribution in [0.4, 0.5) is 8.78 Å². The Morgan fingerprint density at radius 2 is 2.25 bits per heavy atom. The van der Waals surface area contributed by atoms with Crippen LogP contribution in [-0.4, -0.2) is 28.4 Å². The van der Waals surface area contributed by atoms with E-state index in [0.29, 0.717) is 18.5 Å². The van der Waals surface area contributed by atoms with Crippen LogP contribution in [0.25, 0.3) is 0 Å². The molecule has 110 valence electrons. The number of carbonyl (C=O) groups excluding carboxylic acids is 1. The van der Waals surface area contributed by atoms with Gasteiger partial charge in [0.25, 0.3) is 5.91 Å². The molecule has 0 aromatic carbocycles. The van der Waals surface area contributed by atoms with Crippen molar-refractivity contribution in [3.05, 3.63) is 29.6 Å². The Morgan fingerprint density at radius 3 is 2.90 bits per heavy atom. The quantitative estimate of drug-likeness (QED) is 0.848. The fourth-order valence-corrected chi connectivity index (χ4v) is 2.64. The Labute approximate surface area is 118 Å². The molecule has 5 heteroatoms. The van der Waals surface area contributed by atoms with E-state index >= 15 is 0 Å². The maximum Gasteiger partial charge on any atom is 0.275 e. The third-order valence-electron chi connectivity index (χ3n) is 3.73. The van der Waals surface area contributed by atoms with Crippen molar-refractivity contribution in [2.45, 2.75) is 45.6 Å². The monoisotopic (exact) mass is 282 g/mol. The first kappa shape index (κ1) is 14.9. The zero-order valence-corrected chi connectivity index (χ0v) is 11.9. The van der Waals surface area contributed by atoms with Gasteiger partial charge in [-0.25, -0.2) is 13.8 Å². The van der Waals surface area contributed by atoms with Crippen LogP contribution in [-0.2, 0) is 0 Å². The summed E-state index contributed by atoms with van der Waals surface area (Å²) in [5, 5.41) is 0. The molecule has 2 heterocycles. The molecule has 0 bridgehead atoms. The van der Waals surface area contributed by atoms with Crippen LogP contribution in [0.3, 0.4) is 0 Å². The fraction of sp³-hybridized carbons (Fsp3) is 0.600. The molecular formula is C15H20F2N2O. The minimum absolute atomic E-state index is 0.149. The number of pyridine rings is 1. The Morgan fingerprint density at radius 1 is 1.50 bits per heavy atom. The molecule has 1 aromatic heterocycles. The van der Waals surface area contributed by atoms with Crippen molar-refractivity contribution in [1.29, 1.82) is 0 Å². The number of halogens is 2. The highest BCUT2D eigenvalue weighted by atomic mass is 19.1. The van der Waals surface area contributed by atoms with Crippen LogP contribution >= 0.6 is 0 Å². The maximum absolute atomic E-state index is 13.6. The van der Waals surface area contributed by atoms with E-state index in [9.17, 15) is 13.6 Å². The van der Waals surface area contributed by atoms with Crippen molar-refractivity contribution in [2.75, 3.05) is 6.54 Å². The highest BCUT2D eigenvalue weighted by Gasteiger charge is 2.31. The predicted molar refractivity (Wildman–Crippen MR) is 72.3 cm³/mol. The molecule has 1 amide bonds. The van der Waals surface area contributed by atoms with E-state index in [1.165, 1.54) is 0 Å². The fourth-order valence-electron chi connectivity index (χ4n) is 2.64. The van der Waals surface area contributed by atoms with E-state index in [-0.39, 0.29) is 11.7 Å². The van der Waals surface area contributed by atoms with Gasteiger partial charge in [-0.15, -0.1) is 0 Å². The number of nitrogens with zero attached hydrogens (tertiary/aromatic N) is 2. The van der Waals surface area contributed by atoms with Crippen LogP contribution < -0.4 is 0 Å². The summed E-state index contributed by atoms with van der Waals surface area (Å²) >= 11 is 0. The second kappa shape index (κ2) is 6.29. The van der Waals surface area contributed by atoms with Crippen molar-refractivity contribution in [1.82, 2.24) is 9.88 Å². The lowest BCUT2D eigenvalue weighted by molar-refractivity contribution is 0.0715. The molecule has 0 aliphatic carbocycles. The van der Waals surface area contributed by atoms with Gasteiger partial charge < -0.3 is 4.90 Å². The first-order chi connectivity index (χ1) is 9.49. The van der Waals surface area contributed by atoms with Crippen molar-refractivity contribution in [2.24, 2.45) is 5.92 Å². The first-order valence-corrected chi connectivity index (χ1v) is 7.11. The van der Waals surface area contributed by atoms with E-state index < -0.39 is 17.5 Å². The van der Waals surface area contributed by atoms with Gasteiger partial charge in [0.1, 0.15) is 5.82 Å². The molecule has 20 heavy (non-hydrogen) atoms. The average Bonchev–Trinajstić information content (AvgIpc) is 2.83. The van der Waals surface area contributed by atoms with E-state index in [1.807, 2.05) is 0 Å². The van der Waals surface area contributed by atoms with Crippen molar-refractivity contribution in [3.8, 4) is 0 Å². The minimum atomic E-state index is -0.885. The first-order valence-electron chi connectivity index (χ1n) is 7.11. The Balaban J connectivity index is 2.10. The van der Waals surface area contributed by atoms with E-state index in [2.05, 4.69) is 18.8 Å². The summed E-state index contributed by atoms with van der Waals surface area (Å²) in [5.74, 6) is -1.50. The molecule has 1 aliphatic heterocycles. The molecule has 2 rings (SSSR count). The molecule has 0 N–H and O–H groups in total. The van der Waals surface area contributed by atoms with Crippen LogP contribution in [0.5, 0.6) is 0 Å². The molecule has 3 nitrogen and oxygen atoms in total. The zero-order valence-electron chi connectivity index (χ0n) is 11.9. The molecule has 1 atom stereocenters. The van der Waals surface area contributed by atoms with Crippen LogP contribution in [0, 0.1) is 17.6 Å². The normalized spacial score (nSPS) is 18.9. The topological polar surface area (TPSA) is 33.2 Å². The molecule has 1 unspecified atom stereocenters. The highest BCUT2D eigenvalue weighted by Crippen LogP contribution is 2.25. The maximum atomic E-state index is 13.6. The van der Waals surface area contributed by atoms with Crippen LogP contribution in [0.2, 0.25) is 0 Å².